The van der Waals surface area contributed by atoms with Crippen LogP contribution in [0, 0.1) is 0 Å². The van der Waals surface area contributed by atoms with E-state index in [1.165, 1.54) is 19.8 Å². The summed E-state index contributed by atoms with van der Waals surface area (Å²) in [7, 11) is 0. The van der Waals surface area contributed by atoms with Gasteiger partial charge in [0.15, 0.2) is 0 Å². The fourth-order valence-corrected chi connectivity index (χ4v) is 3.41. The quantitative estimate of drug-likeness (QED) is 0.790. The molecule has 1 aliphatic rings. The summed E-state index contributed by atoms with van der Waals surface area (Å²) in [5.74, 6) is -0.0578. The normalized spacial score (nSPS) is 15.0. The molecule has 4 nitrogen and oxygen atoms in total. The second kappa shape index (κ2) is 9.28. The van der Waals surface area contributed by atoms with Crippen molar-refractivity contribution in [3.8, 4) is 0 Å². The number of halogens is 2. The molecule has 1 aromatic carbocycles. The van der Waals surface area contributed by atoms with E-state index >= 15 is 0 Å². The van der Waals surface area contributed by atoms with Gasteiger partial charge in [0.2, 0.25) is 11.8 Å². The van der Waals surface area contributed by atoms with Crippen molar-refractivity contribution in [2.45, 2.75) is 39.0 Å². The lowest BCUT2D eigenvalue weighted by molar-refractivity contribution is -0.139. The Morgan fingerprint density at radius 3 is 2.38 bits per heavy atom. The second-order valence-corrected chi connectivity index (χ2v) is 7.06. The van der Waals surface area contributed by atoms with Gasteiger partial charge >= 0.3 is 0 Å². The maximum atomic E-state index is 12.5. The molecule has 0 bridgehead atoms. The molecule has 0 atom stereocenters. The number of amides is 2. The van der Waals surface area contributed by atoms with Crippen LogP contribution < -0.4 is 0 Å². The number of likely N-dealkylation sites (tertiary alicyclic amines) is 1. The number of hydrogen-bond acceptors (Lipinski definition) is 2. The van der Waals surface area contributed by atoms with Crippen molar-refractivity contribution >= 4 is 35.0 Å². The highest BCUT2D eigenvalue weighted by molar-refractivity contribution is 6.35. The fourth-order valence-electron chi connectivity index (χ4n) is 2.91. The van der Waals surface area contributed by atoms with Gasteiger partial charge in [-0.25, -0.2) is 0 Å². The lowest BCUT2D eigenvalue weighted by Gasteiger charge is -2.26. The minimum absolute atomic E-state index is 0.0364. The van der Waals surface area contributed by atoms with E-state index in [2.05, 4.69) is 0 Å². The number of carbonyl (C=O) groups excluding carboxylic acids is 2. The minimum atomic E-state index is -0.0942. The average molecular weight is 371 g/mol. The molecule has 1 fully saturated rings. The van der Waals surface area contributed by atoms with Gasteiger partial charge in [0, 0.05) is 36.6 Å². The summed E-state index contributed by atoms with van der Waals surface area (Å²) in [5.41, 5.74) is 0.925. The number of benzene rings is 1. The van der Waals surface area contributed by atoms with Crippen LogP contribution in [0.15, 0.2) is 18.2 Å². The highest BCUT2D eigenvalue weighted by atomic mass is 35.5. The Kier molecular flexibility index (Phi) is 7.38. The van der Waals surface area contributed by atoms with Crippen molar-refractivity contribution in [2.24, 2.45) is 0 Å². The SMILES string of the molecule is CC(=O)N(CCc1ccc(Cl)cc1Cl)CC(=O)N1CCCCCC1. The van der Waals surface area contributed by atoms with Crippen molar-refractivity contribution in [2.75, 3.05) is 26.2 Å². The predicted octanol–water partition coefficient (Wildman–Crippen LogP) is 3.79. The van der Waals surface area contributed by atoms with Crippen LogP contribution in [0.2, 0.25) is 10.0 Å². The Labute approximate surface area is 153 Å². The molecule has 1 aliphatic heterocycles. The Hall–Kier alpha value is -1.26. The summed E-state index contributed by atoms with van der Waals surface area (Å²) in [6, 6.07) is 5.34. The highest BCUT2D eigenvalue weighted by Crippen LogP contribution is 2.21. The monoisotopic (exact) mass is 370 g/mol. The lowest BCUT2D eigenvalue weighted by Crippen LogP contribution is -2.43. The summed E-state index contributed by atoms with van der Waals surface area (Å²) < 4.78 is 0. The molecule has 1 aromatic rings. The fraction of sp³-hybridized carbons (Fsp3) is 0.556. The van der Waals surface area contributed by atoms with Crippen LogP contribution in [-0.4, -0.2) is 47.8 Å². The van der Waals surface area contributed by atoms with Crippen LogP contribution in [0.25, 0.3) is 0 Å². The number of nitrogens with zero attached hydrogens (tertiary/aromatic N) is 2. The van der Waals surface area contributed by atoms with Gasteiger partial charge in [0.25, 0.3) is 0 Å². The van der Waals surface area contributed by atoms with Crippen LogP contribution in [0.3, 0.4) is 0 Å². The smallest absolute Gasteiger partial charge is 0.242 e. The average Bonchev–Trinajstić information content (AvgIpc) is 2.81. The van der Waals surface area contributed by atoms with E-state index in [1.54, 1.807) is 17.0 Å². The maximum absolute atomic E-state index is 12.5. The Bertz CT molecular complexity index is 584. The summed E-state index contributed by atoms with van der Waals surface area (Å²) in [5, 5.41) is 1.17. The van der Waals surface area contributed by atoms with Crippen molar-refractivity contribution in [1.82, 2.24) is 9.80 Å². The first-order chi connectivity index (χ1) is 11.5. The molecule has 0 aromatic heterocycles. The highest BCUT2D eigenvalue weighted by Gasteiger charge is 2.20. The van der Waals surface area contributed by atoms with Crippen LogP contribution in [0.1, 0.15) is 38.2 Å². The van der Waals surface area contributed by atoms with Gasteiger partial charge in [0.05, 0.1) is 6.54 Å². The van der Waals surface area contributed by atoms with Crippen LogP contribution in [0.5, 0.6) is 0 Å². The van der Waals surface area contributed by atoms with Crippen LogP contribution in [-0.2, 0) is 16.0 Å². The maximum Gasteiger partial charge on any atom is 0.242 e. The van der Waals surface area contributed by atoms with Crippen molar-refractivity contribution in [1.29, 1.82) is 0 Å². The molecular formula is C18H24Cl2N2O2. The van der Waals surface area contributed by atoms with E-state index < -0.39 is 0 Å². The summed E-state index contributed by atoms with van der Waals surface area (Å²) in [6.45, 7) is 3.71. The van der Waals surface area contributed by atoms with E-state index in [9.17, 15) is 9.59 Å². The molecule has 132 valence electrons. The Balaban J connectivity index is 1.93. The van der Waals surface area contributed by atoms with E-state index in [0.717, 1.165) is 31.5 Å². The molecule has 0 saturated carbocycles. The zero-order chi connectivity index (χ0) is 17.5. The zero-order valence-corrected chi connectivity index (χ0v) is 15.6. The standard InChI is InChI=1S/C18H24Cl2N2O2/c1-14(23)22(11-8-15-6-7-16(19)12-17(15)20)13-18(24)21-9-4-2-3-5-10-21/h6-7,12H,2-5,8-11,13H2,1H3. The van der Waals surface area contributed by atoms with Gasteiger partial charge in [-0.2, -0.15) is 0 Å². The first-order valence-electron chi connectivity index (χ1n) is 8.44. The van der Waals surface area contributed by atoms with Crippen LogP contribution in [0.4, 0.5) is 0 Å². The van der Waals surface area contributed by atoms with Gasteiger partial charge in [-0.15, -0.1) is 0 Å². The largest absolute Gasteiger partial charge is 0.341 e. The third-order valence-electron chi connectivity index (χ3n) is 4.40. The van der Waals surface area contributed by atoms with E-state index in [4.69, 9.17) is 23.2 Å². The van der Waals surface area contributed by atoms with Gasteiger partial charge in [0.1, 0.15) is 0 Å². The molecule has 1 saturated heterocycles. The second-order valence-electron chi connectivity index (χ2n) is 6.22. The molecule has 0 radical (unpaired) electrons. The topological polar surface area (TPSA) is 40.6 Å². The molecule has 24 heavy (non-hydrogen) atoms. The van der Waals surface area contributed by atoms with Crippen molar-refractivity contribution in [3.63, 3.8) is 0 Å². The zero-order valence-electron chi connectivity index (χ0n) is 14.1. The van der Waals surface area contributed by atoms with Crippen molar-refractivity contribution in [3.05, 3.63) is 33.8 Å². The molecule has 2 amide bonds. The number of hydrogen-bond donors (Lipinski definition) is 0. The molecule has 0 spiro atoms. The molecule has 0 aliphatic carbocycles. The number of carbonyl (C=O) groups is 2. The minimum Gasteiger partial charge on any atom is -0.341 e. The Morgan fingerprint density at radius 1 is 1.12 bits per heavy atom. The van der Waals surface area contributed by atoms with Crippen LogP contribution >= 0.6 is 23.2 Å². The molecule has 2 rings (SSSR count). The van der Waals surface area contributed by atoms with Gasteiger partial charge in [-0.05, 0) is 37.0 Å². The van der Waals surface area contributed by atoms with Gasteiger partial charge < -0.3 is 9.80 Å². The van der Waals surface area contributed by atoms with E-state index in [1.807, 2.05) is 11.0 Å². The van der Waals surface area contributed by atoms with E-state index in [-0.39, 0.29) is 18.4 Å². The molecular weight excluding hydrogens is 347 g/mol. The van der Waals surface area contributed by atoms with E-state index in [0.29, 0.717) is 23.0 Å². The van der Waals surface area contributed by atoms with Gasteiger partial charge in [-0.1, -0.05) is 42.1 Å². The predicted molar refractivity (Wildman–Crippen MR) is 97.5 cm³/mol. The molecule has 0 unspecified atom stereocenters. The van der Waals surface area contributed by atoms with Crippen molar-refractivity contribution < 1.29 is 9.59 Å². The first kappa shape index (κ1) is 19.1. The summed E-state index contributed by atoms with van der Waals surface area (Å²) in [4.78, 5) is 27.9. The summed E-state index contributed by atoms with van der Waals surface area (Å²) in [6.07, 6.45) is 5.05. The lowest BCUT2D eigenvalue weighted by atomic mass is 10.1. The molecule has 0 N–H and O–H groups in total. The third kappa shape index (κ3) is 5.67. The third-order valence-corrected chi connectivity index (χ3v) is 4.98. The molecule has 1 heterocycles. The van der Waals surface area contributed by atoms with Gasteiger partial charge in [-0.3, -0.25) is 9.59 Å². The number of rotatable bonds is 5. The first-order valence-corrected chi connectivity index (χ1v) is 9.20. The Morgan fingerprint density at radius 2 is 1.79 bits per heavy atom. The summed E-state index contributed by atoms with van der Waals surface area (Å²) >= 11 is 12.1. The molecule has 6 heteroatoms.